The van der Waals surface area contributed by atoms with Gasteiger partial charge in [0.1, 0.15) is 5.69 Å². The zero-order valence-corrected chi connectivity index (χ0v) is 16.4. The molecule has 0 atom stereocenters. The van der Waals surface area contributed by atoms with E-state index in [1.807, 2.05) is 41.8 Å². The summed E-state index contributed by atoms with van der Waals surface area (Å²) in [7, 11) is 0. The summed E-state index contributed by atoms with van der Waals surface area (Å²) in [6, 6.07) is 24.9. The molecule has 0 fully saturated rings. The molecule has 4 aromatic heterocycles. The Morgan fingerprint density at radius 1 is 0.759 bits per heavy atom. The van der Waals surface area contributed by atoms with Crippen LogP contribution >= 0.6 is 11.3 Å². The van der Waals surface area contributed by atoms with Gasteiger partial charge in [0.25, 0.3) is 0 Å². The average Bonchev–Trinajstić information content (AvgIpc) is 3.40. The van der Waals surface area contributed by atoms with Crippen molar-refractivity contribution in [2.75, 3.05) is 0 Å². The Bertz CT molecular complexity index is 1530. The van der Waals surface area contributed by atoms with Crippen LogP contribution in [-0.2, 0) is 0 Å². The maximum atomic E-state index is 4.87. The summed E-state index contributed by atoms with van der Waals surface area (Å²) in [6.45, 7) is 1.92. The van der Waals surface area contributed by atoms with Crippen LogP contribution in [0.4, 0.5) is 0 Å². The van der Waals surface area contributed by atoms with E-state index in [1.165, 1.54) is 0 Å². The monoisotopic (exact) mass is 393 g/mol. The lowest BCUT2D eigenvalue weighted by Crippen LogP contribution is -1.98. The van der Waals surface area contributed by atoms with Crippen molar-refractivity contribution in [1.29, 1.82) is 0 Å². The molecule has 5 nitrogen and oxygen atoms in total. The van der Waals surface area contributed by atoms with Gasteiger partial charge in [0.15, 0.2) is 11.5 Å². The summed E-state index contributed by atoms with van der Waals surface area (Å²) in [5.41, 5.74) is 3.71. The van der Waals surface area contributed by atoms with Gasteiger partial charge in [-0.2, -0.15) is 9.61 Å². The number of nitrogens with zero attached hydrogens (tertiary/aromatic N) is 5. The molecule has 6 rings (SSSR count). The molecule has 0 saturated carbocycles. The first-order chi connectivity index (χ1) is 14.3. The van der Waals surface area contributed by atoms with Crippen LogP contribution in [0.1, 0.15) is 5.82 Å². The van der Waals surface area contributed by atoms with Gasteiger partial charge in [-0.15, -0.1) is 21.5 Å². The van der Waals surface area contributed by atoms with E-state index in [9.17, 15) is 0 Å². The highest BCUT2D eigenvalue weighted by molar-refractivity contribution is 7.18. The molecular formula is C23H15N5S. The lowest BCUT2D eigenvalue weighted by atomic mass is 10.1. The first-order valence-corrected chi connectivity index (χ1v) is 10.2. The van der Waals surface area contributed by atoms with Crippen LogP contribution in [0.2, 0.25) is 0 Å². The number of hydrogen-bond donors (Lipinski definition) is 0. The maximum Gasteiger partial charge on any atom is 0.185 e. The maximum absolute atomic E-state index is 4.87. The van der Waals surface area contributed by atoms with Crippen molar-refractivity contribution in [3.63, 3.8) is 0 Å². The van der Waals surface area contributed by atoms with E-state index >= 15 is 0 Å². The molecule has 0 aliphatic rings. The second-order valence-electron chi connectivity index (χ2n) is 6.93. The number of hydrogen-bond acceptors (Lipinski definition) is 5. The minimum absolute atomic E-state index is 0.778. The standard InChI is InChI=1S/C23H15N5S/c1-14-25-26-23-17-8-4-3-7-16(17)22(27-28(14)23)21-13-12-20(29-21)19-11-10-15-6-2-5-9-18(15)24-19/h2-13H,1H3. The smallest absolute Gasteiger partial charge is 0.185 e. The predicted octanol–water partition coefficient (Wildman–Crippen LogP) is 5.53. The number of benzene rings is 2. The molecule has 0 spiro atoms. The number of aromatic nitrogens is 5. The summed E-state index contributed by atoms with van der Waals surface area (Å²) >= 11 is 1.70. The van der Waals surface area contributed by atoms with E-state index in [1.54, 1.807) is 11.3 Å². The van der Waals surface area contributed by atoms with E-state index < -0.39 is 0 Å². The molecule has 138 valence electrons. The van der Waals surface area contributed by atoms with E-state index in [-0.39, 0.29) is 0 Å². The van der Waals surface area contributed by atoms with Crippen LogP contribution in [0, 0.1) is 6.92 Å². The summed E-state index contributed by atoms with van der Waals surface area (Å²) in [6.07, 6.45) is 0. The second-order valence-corrected chi connectivity index (χ2v) is 8.01. The highest BCUT2D eigenvalue weighted by Crippen LogP contribution is 2.37. The lowest BCUT2D eigenvalue weighted by Gasteiger charge is -2.06. The van der Waals surface area contributed by atoms with Crippen molar-refractivity contribution in [2.45, 2.75) is 6.92 Å². The summed E-state index contributed by atoms with van der Waals surface area (Å²) in [5.74, 6) is 0.778. The molecule has 29 heavy (non-hydrogen) atoms. The van der Waals surface area contributed by atoms with Crippen LogP contribution in [0.5, 0.6) is 0 Å². The Labute approximate surface area is 170 Å². The second kappa shape index (κ2) is 6.18. The third-order valence-corrected chi connectivity index (χ3v) is 6.22. The number of pyridine rings is 1. The Hall–Kier alpha value is -3.64. The quantitative estimate of drug-likeness (QED) is 0.388. The summed E-state index contributed by atoms with van der Waals surface area (Å²) in [4.78, 5) is 7.06. The molecule has 0 aliphatic carbocycles. The molecule has 0 unspecified atom stereocenters. The first kappa shape index (κ1) is 16.3. The number of para-hydroxylation sites is 1. The zero-order chi connectivity index (χ0) is 19.4. The van der Waals surface area contributed by atoms with Crippen molar-refractivity contribution in [2.24, 2.45) is 0 Å². The van der Waals surface area contributed by atoms with E-state index in [0.29, 0.717) is 0 Å². The van der Waals surface area contributed by atoms with Crippen LogP contribution in [-0.4, -0.2) is 24.8 Å². The topological polar surface area (TPSA) is 56.0 Å². The molecule has 0 bridgehead atoms. The molecule has 4 heterocycles. The fourth-order valence-electron chi connectivity index (χ4n) is 3.67. The molecule has 0 aliphatic heterocycles. The highest BCUT2D eigenvalue weighted by Gasteiger charge is 2.15. The van der Waals surface area contributed by atoms with E-state index in [0.717, 1.165) is 54.3 Å². The van der Waals surface area contributed by atoms with Crippen molar-refractivity contribution >= 4 is 38.7 Å². The van der Waals surface area contributed by atoms with Crippen LogP contribution in [0.3, 0.4) is 0 Å². The van der Waals surface area contributed by atoms with Gasteiger partial charge in [0, 0.05) is 16.2 Å². The van der Waals surface area contributed by atoms with Gasteiger partial charge < -0.3 is 0 Å². The van der Waals surface area contributed by atoms with Crippen LogP contribution < -0.4 is 0 Å². The third-order valence-electron chi connectivity index (χ3n) is 5.11. The zero-order valence-electron chi connectivity index (χ0n) is 15.6. The van der Waals surface area contributed by atoms with Gasteiger partial charge in [-0.1, -0.05) is 48.5 Å². The SMILES string of the molecule is Cc1nnc2c3ccccc3c(-c3ccc(-c4ccc5ccccc5n4)s3)nn12. The largest absolute Gasteiger partial charge is 0.247 e. The van der Waals surface area contributed by atoms with Crippen LogP contribution in [0.25, 0.3) is 48.5 Å². The van der Waals surface area contributed by atoms with Gasteiger partial charge in [-0.05, 0) is 31.2 Å². The average molecular weight is 393 g/mol. The van der Waals surface area contributed by atoms with E-state index in [4.69, 9.17) is 10.1 Å². The summed E-state index contributed by atoms with van der Waals surface area (Å²) in [5, 5.41) is 16.7. The normalized spacial score (nSPS) is 11.6. The Balaban J connectivity index is 1.55. The van der Waals surface area contributed by atoms with Gasteiger partial charge in [0.2, 0.25) is 0 Å². The van der Waals surface area contributed by atoms with Gasteiger partial charge in [0.05, 0.1) is 21.0 Å². The van der Waals surface area contributed by atoms with Gasteiger partial charge >= 0.3 is 0 Å². The molecule has 0 N–H and O–H groups in total. The number of fused-ring (bicyclic) bond motifs is 4. The first-order valence-electron chi connectivity index (χ1n) is 9.35. The molecule has 2 aromatic carbocycles. The molecule has 0 radical (unpaired) electrons. The molecular weight excluding hydrogens is 378 g/mol. The lowest BCUT2D eigenvalue weighted by molar-refractivity contribution is 0.887. The molecule has 6 aromatic rings. The number of rotatable bonds is 2. The predicted molar refractivity (Wildman–Crippen MR) is 117 cm³/mol. The Morgan fingerprint density at radius 3 is 2.48 bits per heavy atom. The molecule has 0 saturated heterocycles. The van der Waals surface area contributed by atoms with Crippen molar-refractivity contribution in [3.8, 4) is 21.1 Å². The van der Waals surface area contributed by atoms with Crippen LogP contribution in [0.15, 0.2) is 72.8 Å². The fourth-order valence-corrected chi connectivity index (χ4v) is 4.65. The fraction of sp³-hybridized carbons (Fsp3) is 0.0435. The highest BCUT2D eigenvalue weighted by atomic mass is 32.1. The minimum atomic E-state index is 0.778. The number of thiophene rings is 1. The Kier molecular flexibility index (Phi) is 3.48. The Morgan fingerprint density at radius 2 is 1.55 bits per heavy atom. The van der Waals surface area contributed by atoms with E-state index in [2.05, 4.69) is 52.7 Å². The van der Waals surface area contributed by atoms with Gasteiger partial charge in [-0.3, -0.25) is 0 Å². The summed E-state index contributed by atoms with van der Waals surface area (Å²) < 4.78 is 1.82. The van der Waals surface area contributed by atoms with Crippen molar-refractivity contribution in [1.82, 2.24) is 24.8 Å². The number of aryl methyl sites for hydroxylation is 1. The minimum Gasteiger partial charge on any atom is -0.247 e. The third kappa shape index (κ3) is 2.53. The van der Waals surface area contributed by atoms with Crippen molar-refractivity contribution < 1.29 is 0 Å². The molecule has 0 amide bonds. The van der Waals surface area contributed by atoms with Crippen molar-refractivity contribution in [3.05, 3.63) is 78.6 Å². The molecule has 6 heteroatoms. The van der Waals surface area contributed by atoms with Gasteiger partial charge in [-0.25, -0.2) is 4.98 Å².